The van der Waals surface area contributed by atoms with E-state index in [-0.39, 0.29) is 0 Å². The minimum Gasteiger partial charge on any atom is -0.135 e. The molecule has 0 amide bonds. The molecule has 1 aliphatic carbocycles. The van der Waals surface area contributed by atoms with E-state index in [4.69, 9.17) is 0 Å². The van der Waals surface area contributed by atoms with Crippen molar-refractivity contribution >= 4 is 19.0 Å². The van der Waals surface area contributed by atoms with Crippen LogP contribution < -0.4 is 0 Å². The normalized spacial score (nSPS) is 18.6. The zero-order chi connectivity index (χ0) is 9.38. The maximum Gasteiger partial charge on any atom is -0.0109 e. The first-order chi connectivity index (χ1) is 6.95. The van der Waals surface area contributed by atoms with Crippen molar-refractivity contribution in [3.05, 3.63) is 35.4 Å². The van der Waals surface area contributed by atoms with E-state index in [1.165, 1.54) is 31.1 Å². The van der Waals surface area contributed by atoms with Crippen molar-refractivity contribution in [2.45, 2.75) is 31.6 Å². The maximum atomic E-state index is 2.42. The van der Waals surface area contributed by atoms with Crippen LogP contribution in [-0.2, 0) is 0 Å². The van der Waals surface area contributed by atoms with Crippen LogP contribution in [0.5, 0.6) is 0 Å². The lowest BCUT2D eigenvalue weighted by Gasteiger charge is -2.07. The van der Waals surface area contributed by atoms with Gasteiger partial charge in [-0.3, -0.25) is 0 Å². The van der Waals surface area contributed by atoms with E-state index in [0.29, 0.717) is 0 Å². The van der Waals surface area contributed by atoms with Gasteiger partial charge < -0.3 is 0 Å². The van der Waals surface area contributed by atoms with E-state index >= 15 is 0 Å². The highest BCUT2D eigenvalue weighted by Crippen LogP contribution is 2.43. The van der Waals surface area contributed by atoms with Crippen LogP contribution in [0.15, 0.2) is 30.1 Å². The molecule has 1 aliphatic rings. The van der Waals surface area contributed by atoms with E-state index in [1.54, 1.807) is 10.7 Å². The van der Waals surface area contributed by atoms with Gasteiger partial charge in [0.1, 0.15) is 0 Å². The van der Waals surface area contributed by atoms with Crippen molar-refractivity contribution in [1.29, 1.82) is 0 Å². The summed E-state index contributed by atoms with van der Waals surface area (Å²) in [5, 5.41) is 4.78. The standard InChI is InChI=1S/C13H15P/c1-2-6-10(5-1)13-12-8-4-3-7-11(12)9-14-13/h3-4,7-10,14H,1-2,5-6H2. The third-order valence-corrected chi connectivity index (χ3v) is 4.84. The van der Waals surface area contributed by atoms with E-state index in [1.807, 2.05) is 0 Å². The molecule has 1 aromatic heterocycles. The van der Waals surface area contributed by atoms with Gasteiger partial charge >= 0.3 is 0 Å². The van der Waals surface area contributed by atoms with Crippen LogP contribution >= 0.6 is 8.19 Å². The molecule has 1 heteroatoms. The summed E-state index contributed by atoms with van der Waals surface area (Å²) in [5.74, 6) is 3.33. The summed E-state index contributed by atoms with van der Waals surface area (Å²) in [6, 6.07) is 8.89. The second kappa shape index (κ2) is 3.44. The molecule has 0 N–H and O–H groups in total. The summed E-state index contributed by atoms with van der Waals surface area (Å²) in [7, 11) is 0.963. The van der Waals surface area contributed by atoms with Crippen molar-refractivity contribution in [3.63, 3.8) is 0 Å². The molecule has 0 saturated heterocycles. The van der Waals surface area contributed by atoms with Crippen LogP contribution in [0.25, 0.3) is 10.8 Å². The summed E-state index contributed by atoms with van der Waals surface area (Å²) in [6.45, 7) is 0. The van der Waals surface area contributed by atoms with Crippen LogP contribution in [0.3, 0.4) is 0 Å². The van der Waals surface area contributed by atoms with Gasteiger partial charge in [0.2, 0.25) is 0 Å². The fourth-order valence-electron chi connectivity index (χ4n) is 2.65. The van der Waals surface area contributed by atoms with E-state index < -0.39 is 0 Å². The zero-order valence-electron chi connectivity index (χ0n) is 8.29. The smallest absolute Gasteiger partial charge is 0.0109 e. The lowest BCUT2D eigenvalue weighted by atomic mass is 10.0. The number of hydrogen-bond acceptors (Lipinski definition) is 0. The van der Waals surface area contributed by atoms with Crippen LogP contribution in [-0.4, -0.2) is 0 Å². The Bertz CT molecular complexity index is 435. The molecule has 1 saturated carbocycles. The van der Waals surface area contributed by atoms with Crippen molar-refractivity contribution in [2.75, 3.05) is 0 Å². The first kappa shape index (κ1) is 8.56. The molecule has 0 bridgehead atoms. The highest BCUT2D eigenvalue weighted by atomic mass is 31.0. The lowest BCUT2D eigenvalue weighted by molar-refractivity contribution is 0.743. The molecule has 0 aliphatic heterocycles. The second-order valence-electron chi connectivity index (χ2n) is 4.27. The lowest BCUT2D eigenvalue weighted by Crippen LogP contribution is -1.87. The first-order valence-corrected chi connectivity index (χ1v) is 6.59. The molecule has 14 heavy (non-hydrogen) atoms. The number of fused-ring (bicyclic) bond motifs is 1. The Kier molecular flexibility index (Phi) is 2.10. The average molecular weight is 202 g/mol. The molecule has 1 aromatic carbocycles. The topological polar surface area (TPSA) is 0 Å². The number of benzene rings is 1. The van der Waals surface area contributed by atoms with Crippen LogP contribution in [0.1, 0.15) is 36.9 Å². The largest absolute Gasteiger partial charge is 0.135 e. The van der Waals surface area contributed by atoms with Gasteiger partial charge in [0.05, 0.1) is 0 Å². The molecule has 3 rings (SSSR count). The Labute approximate surface area is 86.4 Å². The third kappa shape index (κ3) is 1.29. The first-order valence-electron chi connectivity index (χ1n) is 5.51. The Morgan fingerprint density at radius 1 is 1.07 bits per heavy atom. The molecule has 1 atom stereocenters. The Balaban J connectivity index is 2.11. The van der Waals surface area contributed by atoms with Gasteiger partial charge in [0.25, 0.3) is 0 Å². The van der Waals surface area contributed by atoms with Gasteiger partial charge in [-0.15, -0.1) is 8.19 Å². The predicted molar refractivity (Wildman–Crippen MR) is 64.7 cm³/mol. The number of hydrogen-bond donors (Lipinski definition) is 0. The Hall–Kier alpha value is -0.740. The fraction of sp³-hybridized carbons (Fsp3) is 0.385. The van der Waals surface area contributed by atoms with E-state index in [9.17, 15) is 0 Å². The molecule has 0 nitrogen and oxygen atoms in total. The van der Waals surface area contributed by atoms with Crippen LogP contribution in [0.4, 0.5) is 0 Å². The molecular weight excluding hydrogens is 187 g/mol. The summed E-state index contributed by atoms with van der Waals surface area (Å²) >= 11 is 0. The van der Waals surface area contributed by atoms with Crippen LogP contribution in [0, 0.1) is 0 Å². The Morgan fingerprint density at radius 3 is 2.71 bits per heavy atom. The highest BCUT2D eigenvalue weighted by molar-refractivity contribution is 7.31. The second-order valence-corrected chi connectivity index (χ2v) is 5.39. The van der Waals surface area contributed by atoms with E-state index in [0.717, 1.165) is 14.1 Å². The summed E-state index contributed by atoms with van der Waals surface area (Å²) in [4.78, 5) is 0. The van der Waals surface area contributed by atoms with Crippen molar-refractivity contribution in [1.82, 2.24) is 0 Å². The van der Waals surface area contributed by atoms with Gasteiger partial charge in [0, 0.05) is 0 Å². The Morgan fingerprint density at radius 2 is 1.86 bits per heavy atom. The maximum absolute atomic E-state index is 2.42. The molecule has 2 aromatic rings. The third-order valence-electron chi connectivity index (χ3n) is 3.40. The minimum atomic E-state index is 0.910. The molecular formula is C13H15P. The SMILES string of the molecule is c1ccc2c(C3CCCC3)[pH]cc2c1. The van der Waals surface area contributed by atoms with Crippen molar-refractivity contribution < 1.29 is 0 Å². The summed E-state index contributed by atoms with van der Waals surface area (Å²) < 4.78 is 0. The van der Waals surface area contributed by atoms with E-state index in [2.05, 4.69) is 30.1 Å². The van der Waals surface area contributed by atoms with Gasteiger partial charge in [-0.05, 0) is 40.6 Å². The predicted octanol–water partition coefficient (Wildman–Crippen LogP) is 4.53. The van der Waals surface area contributed by atoms with Crippen LogP contribution in [0.2, 0.25) is 0 Å². The monoisotopic (exact) mass is 202 g/mol. The van der Waals surface area contributed by atoms with Gasteiger partial charge in [-0.2, -0.15) is 0 Å². The molecule has 1 unspecified atom stereocenters. The quantitative estimate of drug-likeness (QED) is 0.637. The van der Waals surface area contributed by atoms with Crippen molar-refractivity contribution in [3.8, 4) is 0 Å². The van der Waals surface area contributed by atoms with Gasteiger partial charge in [0.15, 0.2) is 0 Å². The number of rotatable bonds is 1. The molecule has 72 valence electrons. The molecule has 0 radical (unpaired) electrons. The summed E-state index contributed by atoms with van der Waals surface area (Å²) in [5.41, 5.74) is 0. The highest BCUT2D eigenvalue weighted by Gasteiger charge is 2.19. The minimum absolute atomic E-state index is 0.910. The molecule has 1 heterocycles. The zero-order valence-corrected chi connectivity index (χ0v) is 9.29. The molecule has 1 fully saturated rings. The van der Waals surface area contributed by atoms with Gasteiger partial charge in [-0.25, -0.2) is 0 Å². The van der Waals surface area contributed by atoms with Crippen molar-refractivity contribution in [2.24, 2.45) is 0 Å². The van der Waals surface area contributed by atoms with Gasteiger partial charge in [-0.1, -0.05) is 37.1 Å². The fourth-order valence-corrected chi connectivity index (χ4v) is 4.12. The average Bonchev–Trinajstić information content (AvgIpc) is 2.85. The summed E-state index contributed by atoms with van der Waals surface area (Å²) in [6.07, 6.45) is 5.76. The molecule has 0 spiro atoms.